The van der Waals surface area contributed by atoms with Gasteiger partial charge in [-0.25, -0.2) is 0 Å². The lowest BCUT2D eigenvalue weighted by atomic mass is 10.1. The van der Waals surface area contributed by atoms with Crippen molar-refractivity contribution < 1.29 is 9.21 Å². The van der Waals surface area contributed by atoms with Crippen LogP contribution < -0.4 is 5.32 Å². The molecule has 0 fully saturated rings. The molecule has 2 heterocycles. The number of fused-ring (bicyclic) bond motifs is 1. The first-order valence-electron chi connectivity index (χ1n) is 9.03. The van der Waals surface area contributed by atoms with Crippen LogP contribution in [0.15, 0.2) is 65.3 Å². The van der Waals surface area contributed by atoms with Gasteiger partial charge in [-0.1, -0.05) is 30.3 Å². The van der Waals surface area contributed by atoms with Gasteiger partial charge in [0.15, 0.2) is 5.58 Å². The third-order valence-electron chi connectivity index (χ3n) is 5.11. The van der Waals surface area contributed by atoms with Crippen molar-refractivity contribution in [3.05, 3.63) is 88.8 Å². The first-order valence-corrected chi connectivity index (χ1v) is 9.03. The van der Waals surface area contributed by atoms with Crippen LogP contribution in [-0.2, 0) is 6.54 Å². The topological polar surface area (TPSA) is 47.2 Å². The standard InChI is InChI=1S/C23H22N2O2/c1-15-8-9-19(12-17(15)3)24-23(26)21-13-22-20(10-11-27-22)25(21)14-18-7-5-4-6-16(18)2/h4-13H,14H2,1-3H3,(H,24,26). The van der Waals surface area contributed by atoms with Crippen molar-refractivity contribution in [2.24, 2.45) is 0 Å². The molecule has 0 saturated carbocycles. The number of carbonyl (C=O) groups excluding carboxylic acids is 1. The van der Waals surface area contributed by atoms with E-state index in [0.29, 0.717) is 17.8 Å². The first-order chi connectivity index (χ1) is 13.0. The largest absolute Gasteiger partial charge is 0.463 e. The van der Waals surface area contributed by atoms with E-state index >= 15 is 0 Å². The molecule has 1 N–H and O–H groups in total. The number of hydrogen-bond acceptors (Lipinski definition) is 2. The number of hydrogen-bond donors (Lipinski definition) is 1. The first kappa shape index (κ1) is 17.2. The van der Waals surface area contributed by atoms with Crippen LogP contribution in [0, 0.1) is 20.8 Å². The molecule has 0 atom stereocenters. The van der Waals surface area contributed by atoms with E-state index in [1.165, 1.54) is 16.7 Å². The van der Waals surface area contributed by atoms with E-state index in [1.54, 1.807) is 6.26 Å². The van der Waals surface area contributed by atoms with Crippen molar-refractivity contribution in [1.82, 2.24) is 4.57 Å². The van der Waals surface area contributed by atoms with Gasteiger partial charge in [0, 0.05) is 24.4 Å². The molecule has 0 aliphatic heterocycles. The molecular weight excluding hydrogens is 336 g/mol. The van der Waals surface area contributed by atoms with Crippen LogP contribution in [0.4, 0.5) is 5.69 Å². The van der Waals surface area contributed by atoms with Crippen LogP contribution in [0.1, 0.15) is 32.7 Å². The maximum atomic E-state index is 13.0. The van der Waals surface area contributed by atoms with Gasteiger partial charge in [0.2, 0.25) is 0 Å². The minimum absolute atomic E-state index is 0.141. The van der Waals surface area contributed by atoms with Crippen LogP contribution in [0.2, 0.25) is 0 Å². The highest BCUT2D eigenvalue weighted by atomic mass is 16.3. The molecule has 1 amide bonds. The van der Waals surface area contributed by atoms with Crippen molar-refractivity contribution >= 4 is 22.7 Å². The van der Waals surface area contributed by atoms with Crippen LogP contribution in [0.3, 0.4) is 0 Å². The Hall–Kier alpha value is -3.27. The lowest BCUT2D eigenvalue weighted by molar-refractivity contribution is 0.101. The average Bonchev–Trinajstić information content (AvgIpc) is 3.22. The van der Waals surface area contributed by atoms with E-state index in [9.17, 15) is 4.79 Å². The van der Waals surface area contributed by atoms with Crippen molar-refractivity contribution in [2.75, 3.05) is 5.32 Å². The zero-order chi connectivity index (χ0) is 19.0. The number of nitrogens with zero attached hydrogens (tertiary/aromatic N) is 1. The van der Waals surface area contributed by atoms with Gasteiger partial charge in [-0.3, -0.25) is 4.79 Å². The third kappa shape index (κ3) is 3.26. The molecule has 0 unspecified atom stereocenters. The molecule has 0 aliphatic carbocycles. The third-order valence-corrected chi connectivity index (χ3v) is 5.11. The Bertz CT molecular complexity index is 1130. The molecule has 0 bridgehead atoms. The average molecular weight is 358 g/mol. The molecular formula is C23H22N2O2. The fraction of sp³-hybridized carbons (Fsp3) is 0.174. The van der Waals surface area contributed by atoms with Crippen molar-refractivity contribution in [3.63, 3.8) is 0 Å². The van der Waals surface area contributed by atoms with Crippen molar-refractivity contribution in [2.45, 2.75) is 27.3 Å². The van der Waals surface area contributed by atoms with E-state index < -0.39 is 0 Å². The number of amides is 1. The second-order valence-corrected chi connectivity index (χ2v) is 6.97. The van der Waals surface area contributed by atoms with E-state index in [1.807, 2.05) is 54.0 Å². The van der Waals surface area contributed by atoms with Gasteiger partial charge in [-0.2, -0.15) is 0 Å². The second-order valence-electron chi connectivity index (χ2n) is 6.97. The fourth-order valence-electron chi connectivity index (χ4n) is 3.31. The second kappa shape index (κ2) is 6.80. The SMILES string of the molecule is Cc1ccc(NC(=O)c2cc3occc3n2Cc2ccccc2C)cc1C. The molecule has 0 radical (unpaired) electrons. The smallest absolute Gasteiger partial charge is 0.272 e. The summed E-state index contributed by atoms with van der Waals surface area (Å²) >= 11 is 0. The number of benzene rings is 2. The van der Waals surface area contributed by atoms with Crippen molar-refractivity contribution in [3.8, 4) is 0 Å². The van der Waals surface area contributed by atoms with Gasteiger partial charge in [0.25, 0.3) is 5.91 Å². The monoisotopic (exact) mass is 358 g/mol. The summed E-state index contributed by atoms with van der Waals surface area (Å²) in [6.45, 7) is 6.80. The maximum absolute atomic E-state index is 13.0. The molecule has 136 valence electrons. The van der Waals surface area contributed by atoms with Crippen LogP contribution in [0.25, 0.3) is 11.1 Å². The van der Waals surface area contributed by atoms with Crippen molar-refractivity contribution in [1.29, 1.82) is 0 Å². The summed E-state index contributed by atoms with van der Waals surface area (Å²) in [5, 5.41) is 3.02. The molecule has 2 aromatic heterocycles. The normalized spacial score (nSPS) is 11.1. The Kier molecular flexibility index (Phi) is 4.32. The number of anilines is 1. The van der Waals surface area contributed by atoms with Crippen LogP contribution >= 0.6 is 0 Å². The number of aryl methyl sites for hydroxylation is 3. The molecule has 27 heavy (non-hydrogen) atoms. The number of aromatic nitrogens is 1. The number of furan rings is 1. The van der Waals surface area contributed by atoms with Gasteiger partial charge < -0.3 is 14.3 Å². The zero-order valence-electron chi connectivity index (χ0n) is 15.7. The van der Waals surface area contributed by atoms with E-state index in [0.717, 1.165) is 16.8 Å². The Morgan fingerprint density at radius 1 is 0.963 bits per heavy atom. The minimum atomic E-state index is -0.141. The predicted molar refractivity (Wildman–Crippen MR) is 108 cm³/mol. The molecule has 0 saturated heterocycles. The number of nitrogens with one attached hydrogen (secondary N) is 1. The molecule has 4 rings (SSSR count). The molecule has 4 aromatic rings. The molecule has 4 nitrogen and oxygen atoms in total. The lowest BCUT2D eigenvalue weighted by Gasteiger charge is -2.13. The van der Waals surface area contributed by atoms with Crippen LogP contribution in [-0.4, -0.2) is 10.5 Å². The van der Waals surface area contributed by atoms with Gasteiger partial charge in [0.05, 0.1) is 11.8 Å². The van der Waals surface area contributed by atoms with Crippen LogP contribution in [0.5, 0.6) is 0 Å². The lowest BCUT2D eigenvalue weighted by Crippen LogP contribution is -2.18. The highest BCUT2D eigenvalue weighted by molar-refractivity contribution is 6.05. The summed E-state index contributed by atoms with van der Waals surface area (Å²) in [7, 11) is 0. The summed E-state index contributed by atoms with van der Waals surface area (Å²) in [5.41, 5.74) is 7.75. The van der Waals surface area contributed by atoms with E-state index in [2.05, 4.69) is 31.3 Å². The molecule has 0 aliphatic rings. The Labute approximate surface area is 158 Å². The van der Waals surface area contributed by atoms with Gasteiger partial charge in [-0.15, -0.1) is 0 Å². The zero-order valence-corrected chi connectivity index (χ0v) is 15.7. The Morgan fingerprint density at radius 3 is 2.56 bits per heavy atom. The summed E-state index contributed by atoms with van der Waals surface area (Å²) in [5.74, 6) is -0.141. The Balaban J connectivity index is 1.70. The fourth-order valence-corrected chi connectivity index (χ4v) is 3.31. The maximum Gasteiger partial charge on any atom is 0.272 e. The highest BCUT2D eigenvalue weighted by Crippen LogP contribution is 2.24. The highest BCUT2D eigenvalue weighted by Gasteiger charge is 2.18. The predicted octanol–water partition coefficient (Wildman–Crippen LogP) is 5.46. The summed E-state index contributed by atoms with van der Waals surface area (Å²) in [6.07, 6.45) is 1.66. The number of carbonyl (C=O) groups is 1. The summed E-state index contributed by atoms with van der Waals surface area (Å²) < 4.78 is 7.55. The summed E-state index contributed by atoms with van der Waals surface area (Å²) in [4.78, 5) is 13.0. The van der Waals surface area contributed by atoms with Gasteiger partial charge in [0.1, 0.15) is 5.69 Å². The molecule has 4 heteroatoms. The van der Waals surface area contributed by atoms with E-state index in [-0.39, 0.29) is 5.91 Å². The van der Waals surface area contributed by atoms with Gasteiger partial charge in [-0.05, 0) is 55.2 Å². The minimum Gasteiger partial charge on any atom is -0.463 e. The molecule has 2 aromatic carbocycles. The Morgan fingerprint density at radius 2 is 1.78 bits per heavy atom. The van der Waals surface area contributed by atoms with E-state index in [4.69, 9.17) is 4.42 Å². The van der Waals surface area contributed by atoms with Gasteiger partial charge >= 0.3 is 0 Å². The summed E-state index contributed by atoms with van der Waals surface area (Å²) in [6, 6.07) is 17.9. The quantitative estimate of drug-likeness (QED) is 0.526. The molecule has 0 spiro atoms. The number of rotatable bonds is 4.